The van der Waals surface area contributed by atoms with Crippen LogP contribution in [-0.2, 0) is 4.79 Å². The van der Waals surface area contributed by atoms with E-state index >= 15 is 0 Å². The molecule has 0 radical (unpaired) electrons. The Kier molecular flexibility index (Phi) is 4.66. The number of unbranched alkanes of at least 4 members (excludes halogenated alkanes) is 3. The third-order valence-electron chi connectivity index (χ3n) is 2.19. The standard InChI is InChI=1S/C10H18N4O/c1-2-3-4-5-6-9(15)13-10-8(11)7-12-14-10/h7H,2-6,11H2,1H3,(H2,12,13,14,15). The van der Waals surface area contributed by atoms with E-state index in [1.54, 1.807) is 0 Å². The molecule has 84 valence electrons. The highest BCUT2D eigenvalue weighted by Crippen LogP contribution is 2.13. The first-order valence-corrected chi connectivity index (χ1v) is 5.32. The Morgan fingerprint density at radius 2 is 2.33 bits per heavy atom. The maximum atomic E-state index is 11.4. The third-order valence-corrected chi connectivity index (χ3v) is 2.19. The Morgan fingerprint density at radius 3 is 2.93 bits per heavy atom. The number of carbonyl (C=O) groups excluding carboxylic acids is 1. The van der Waals surface area contributed by atoms with Crippen molar-refractivity contribution in [3.63, 3.8) is 0 Å². The monoisotopic (exact) mass is 210 g/mol. The van der Waals surface area contributed by atoms with Gasteiger partial charge in [-0.2, -0.15) is 5.10 Å². The lowest BCUT2D eigenvalue weighted by Gasteiger charge is -2.02. The number of nitrogen functional groups attached to an aromatic ring is 1. The Labute approximate surface area is 89.4 Å². The van der Waals surface area contributed by atoms with Crippen LogP contribution in [0.1, 0.15) is 39.0 Å². The number of aromatic nitrogens is 2. The molecule has 5 nitrogen and oxygen atoms in total. The summed E-state index contributed by atoms with van der Waals surface area (Å²) in [6.45, 7) is 2.14. The summed E-state index contributed by atoms with van der Waals surface area (Å²) in [5, 5.41) is 9.04. The van der Waals surface area contributed by atoms with Crippen LogP contribution in [0, 0.1) is 0 Å². The summed E-state index contributed by atoms with van der Waals surface area (Å²) in [5.74, 6) is 0.484. The molecule has 1 rings (SSSR count). The summed E-state index contributed by atoms with van der Waals surface area (Å²) in [4.78, 5) is 11.4. The molecule has 15 heavy (non-hydrogen) atoms. The number of amides is 1. The lowest BCUT2D eigenvalue weighted by atomic mass is 10.1. The van der Waals surface area contributed by atoms with E-state index in [4.69, 9.17) is 5.73 Å². The molecule has 0 bridgehead atoms. The Bertz CT molecular complexity index is 308. The fourth-order valence-corrected chi connectivity index (χ4v) is 1.31. The molecule has 0 unspecified atom stereocenters. The lowest BCUT2D eigenvalue weighted by molar-refractivity contribution is -0.116. The smallest absolute Gasteiger partial charge is 0.225 e. The number of H-pyrrole nitrogens is 1. The normalized spacial score (nSPS) is 10.2. The van der Waals surface area contributed by atoms with Gasteiger partial charge in [0.15, 0.2) is 5.82 Å². The van der Waals surface area contributed by atoms with Crippen molar-refractivity contribution >= 4 is 17.4 Å². The van der Waals surface area contributed by atoms with Gasteiger partial charge in [-0.25, -0.2) is 0 Å². The van der Waals surface area contributed by atoms with Crippen molar-refractivity contribution in [2.75, 3.05) is 11.1 Å². The Balaban J connectivity index is 2.22. The van der Waals surface area contributed by atoms with E-state index in [-0.39, 0.29) is 5.91 Å². The van der Waals surface area contributed by atoms with Gasteiger partial charge >= 0.3 is 0 Å². The van der Waals surface area contributed by atoms with E-state index in [2.05, 4.69) is 22.4 Å². The van der Waals surface area contributed by atoms with E-state index < -0.39 is 0 Å². The average Bonchev–Trinajstić information content (AvgIpc) is 2.59. The number of carbonyl (C=O) groups is 1. The summed E-state index contributed by atoms with van der Waals surface area (Å²) < 4.78 is 0. The highest BCUT2D eigenvalue weighted by Gasteiger charge is 2.05. The summed E-state index contributed by atoms with van der Waals surface area (Å²) in [7, 11) is 0. The molecule has 1 amide bonds. The zero-order valence-corrected chi connectivity index (χ0v) is 9.05. The van der Waals surface area contributed by atoms with Gasteiger partial charge in [0.2, 0.25) is 5.91 Å². The molecule has 0 saturated carbocycles. The van der Waals surface area contributed by atoms with Crippen LogP contribution in [0.25, 0.3) is 0 Å². The van der Waals surface area contributed by atoms with Gasteiger partial charge in [-0.1, -0.05) is 26.2 Å². The molecule has 1 aromatic rings. The van der Waals surface area contributed by atoms with Crippen LogP contribution >= 0.6 is 0 Å². The minimum atomic E-state index is -0.0120. The van der Waals surface area contributed by atoms with E-state index in [9.17, 15) is 4.79 Å². The first kappa shape index (κ1) is 11.6. The second-order valence-corrected chi connectivity index (χ2v) is 3.56. The zero-order valence-electron chi connectivity index (χ0n) is 9.05. The molecule has 0 spiro atoms. The number of hydrogen-bond acceptors (Lipinski definition) is 3. The first-order valence-electron chi connectivity index (χ1n) is 5.32. The predicted molar refractivity (Wildman–Crippen MR) is 60.4 cm³/mol. The predicted octanol–water partition coefficient (Wildman–Crippen LogP) is 1.90. The number of aromatic amines is 1. The van der Waals surface area contributed by atoms with E-state index in [1.165, 1.54) is 19.0 Å². The van der Waals surface area contributed by atoms with Crippen LogP contribution in [-0.4, -0.2) is 16.1 Å². The van der Waals surface area contributed by atoms with Crippen molar-refractivity contribution in [3.05, 3.63) is 6.20 Å². The van der Waals surface area contributed by atoms with Gasteiger partial charge in [0.25, 0.3) is 0 Å². The number of nitrogens with one attached hydrogen (secondary N) is 2. The summed E-state index contributed by atoms with van der Waals surface area (Å²) in [5.41, 5.74) is 6.03. The van der Waals surface area contributed by atoms with Crippen LogP contribution in [0.3, 0.4) is 0 Å². The van der Waals surface area contributed by atoms with E-state index in [0.717, 1.165) is 12.8 Å². The van der Waals surface area contributed by atoms with Gasteiger partial charge in [-0.15, -0.1) is 0 Å². The molecule has 0 aliphatic carbocycles. The van der Waals surface area contributed by atoms with Crippen molar-refractivity contribution in [1.82, 2.24) is 10.2 Å². The van der Waals surface area contributed by atoms with Crippen molar-refractivity contribution in [3.8, 4) is 0 Å². The van der Waals surface area contributed by atoms with Gasteiger partial charge in [0, 0.05) is 6.42 Å². The van der Waals surface area contributed by atoms with Crippen LogP contribution in [0.15, 0.2) is 6.20 Å². The quantitative estimate of drug-likeness (QED) is 0.627. The SMILES string of the molecule is CCCCCCC(=O)Nc1[nH]ncc1N. The van der Waals surface area contributed by atoms with Gasteiger partial charge in [-0.05, 0) is 6.42 Å². The number of hydrogen-bond donors (Lipinski definition) is 3. The van der Waals surface area contributed by atoms with Crippen molar-refractivity contribution in [2.45, 2.75) is 39.0 Å². The number of nitrogens with zero attached hydrogens (tertiary/aromatic N) is 1. The van der Waals surface area contributed by atoms with Crippen molar-refractivity contribution < 1.29 is 4.79 Å². The summed E-state index contributed by atoms with van der Waals surface area (Å²) >= 11 is 0. The van der Waals surface area contributed by atoms with Gasteiger partial charge < -0.3 is 11.1 Å². The fourth-order valence-electron chi connectivity index (χ4n) is 1.31. The maximum Gasteiger partial charge on any atom is 0.225 e. The number of rotatable bonds is 6. The highest BCUT2D eigenvalue weighted by molar-refractivity contribution is 5.92. The number of anilines is 2. The second-order valence-electron chi connectivity index (χ2n) is 3.56. The largest absolute Gasteiger partial charge is 0.394 e. The fraction of sp³-hybridized carbons (Fsp3) is 0.600. The molecule has 1 heterocycles. The summed E-state index contributed by atoms with van der Waals surface area (Å²) in [6.07, 6.45) is 6.40. The number of nitrogens with two attached hydrogens (primary N) is 1. The third kappa shape index (κ3) is 4.01. The zero-order chi connectivity index (χ0) is 11.1. The molecule has 0 aromatic carbocycles. The van der Waals surface area contributed by atoms with Crippen molar-refractivity contribution in [1.29, 1.82) is 0 Å². The van der Waals surface area contributed by atoms with E-state index in [0.29, 0.717) is 17.9 Å². The molecule has 0 atom stereocenters. The first-order chi connectivity index (χ1) is 7.24. The van der Waals surface area contributed by atoms with Gasteiger partial charge in [0.05, 0.1) is 11.9 Å². The van der Waals surface area contributed by atoms with Crippen LogP contribution in [0.4, 0.5) is 11.5 Å². The van der Waals surface area contributed by atoms with Gasteiger partial charge in [-0.3, -0.25) is 9.89 Å². The molecular formula is C10H18N4O. The molecular weight excluding hydrogens is 192 g/mol. The maximum absolute atomic E-state index is 11.4. The summed E-state index contributed by atoms with van der Waals surface area (Å²) in [6, 6.07) is 0. The molecule has 0 aliphatic rings. The second kappa shape index (κ2) is 6.06. The topological polar surface area (TPSA) is 83.8 Å². The molecule has 0 saturated heterocycles. The highest BCUT2D eigenvalue weighted by atomic mass is 16.1. The molecule has 0 aliphatic heterocycles. The van der Waals surface area contributed by atoms with E-state index in [1.807, 2.05) is 0 Å². The molecule has 5 heteroatoms. The Morgan fingerprint density at radius 1 is 1.53 bits per heavy atom. The minimum absolute atomic E-state index is 0.0120. The molecule has 0 fully saturated rings. The van der Waals surface area contributed by atoms with Gasteiger partial charge in [0.1, 0.15) is 0 Å². The average molecular weight is 210 g/mol. The van der Waals surface area contributed by atoms with Crippen LogP contribution in [0.2, 0.25) is 0 Å². The Hall–Kier alpha value is -1.52. The lowest BCUT2D eigenvalue weighted by Crippen LogP contribution is -2.12. The molecule has 4 N–H and O–H groups in total. The van der Waals surface area contributed by atoms with Crippen molar-refractivity contribution in [2.24, 2.45) is 0 Å². The molecule has 1 aromatic heterocycles. The van der Waals surface area contributed by atoms with Crippen LogP contribution < -0.4 is 11.1 Å². The van der Waals surface area contributed by atoms with Crippen LogP contribution in [0.5, 0.6) is 0 Å². The minimum Gasteiger partial charge on any atom is -0.394 e.